The highest BCUT2D eigenvalue weighted by molar-refractivity contribution is 7.92. The number of nitrogens with one attached hydrogen (secondary N) is 2. The minimum Gasteiger partial charge on any atom is -0.491 e. The molecule has 0 saturated heterocycles. The number of sulfonamides is 1. The monoisotopic (exact) mass is 556 g/mol. The van der Waals surface area contributed by atoms with E-state index < -0.39 is 39.7 Å². The van der Waals surface area contributed by atoms with Crippen LogP contribution >= 0.6 is 11.6 Å². The number of halogens is 3. The molecule has 3 N–H and O–H groups in total. The topological polar surface area (TPSA) is 121 Å². The van der Waals surface area contributed by atoms with Gasteiger partial charge in [-0.1, -0.05) is 23.4 Å². The van der Waals surface area contributed by atoms with E-state index in [1.165, 1.54) is 19.2 Å². The van der Waals surface area contributed by atoms with Gasteiger partial charge in [-0.15, -0.1) is 0 Å². The van der Waals surface area contributed by atoms with Crippen molar-refractivity contribution in [3.8, 4) is 17.6 Å². The maximum Gasteiger partial charge on any atom is 0.251 e. The maximum absolute atomic E-state index is 13.5. The third kappa shape index (κ3) is 9.12. The molecule has 0 bridgehead atoms. The van der Waals surface area contributed by atoms with Gasteiger partial charge in [0.15, 0.2) is 0 Å². The Hall–Kier alpha value is -2.98. The lowest BCUT2D eigenvalue weighted by Gasteiger charge is -2.25. The summed E-state index contributed by atoms with van der Waals surface area (Å²) in [5.74, 6) is 3.85. The first-order chi connectivity index (χ1) is 17.4. The molecule has 0 aliphatic heterocycles. The lowest BCUT2D eigenvalue weighted by molar-refractivity contribution is 0.0737. The average molecular weight is 557 g/mol. The number of amides is 1. The third-order valence-electron chi connectivity index (χ3n) is 5.36. The molecule has 200 valence electrons. The van der Waals surface area contributed by atoms with E-state index in [1.807, 2.05) is 0 Å². The fourth-order valence-electron chi connectivity index (χ4n) is 3.09. The van der Waals surface area contributed by atoms with Crippen LogP contribution in [0.2, 0.25) is 5.15 Å². The van der Waals surface area contributed by atoms with Crippen LogP contribution in [0.3, 0.4) is 0 Å². The lowest BCUT2D eigenvalue weighted by atomic mass is 10.1. The number of pyridine rings is 1. The summed E-state index contributed by atoms with van der Waals surface area (Å²) in [6.45, 7) is 0.0236. The van der Waals surface area contributed by atoms with Crippen molar-refractivity contribution in [3.63, 3.8) is 0 Å². The van der Waals surface area contributed by atoms with Gasteiger partial charge in [-0.25, -0.2) is 22.2 Å². The number of ether oxygens (including phenoxy) is 1. The summed E-state index contributed by atoms with van der Waals surface area (Å²) < 4.78 is 57.1. The summed E-state index contributed by atoms with van der Waals surface area (Å²) >= 11 is 6.00. The Morgan fingerprint density at radius 2 is 1.95 bits per heavy atom. The summed E-state index contributed by atoms with van der Waals surface area (Å²) in [7, 11) is -2.42. The zero-order valence-electron chi connectivity index (χ0n) is 20.2. The van der Waals surface area contributed by atoms with Gasteiger partial charge in [-0.05, 0) is 25.0 Å². The molecule has 1 aliphatic carbocycles. The number of carbonyl (C=O) groups excluding carboxylic acids is 1. The van der Waals surface area contributed by atoms with Crippen molar-refractivity contribution in [2.75, 3.05) is 37.3 Å². The molecule has 0 spiro atoms. The molecule has 37 heavy (non-hydrogen) atoms. The molecule has 9 nitrogen and oxygen atoms in total. The quantitative estimate of drug-likeness (QED) is 0.220. The molecular formula is C24H27ClF2N4O5S. The summed E-state index contributed by atoms with van der Waals surface area (Å²) in [4.78, 5) is 16.9. The van der Waals surface area contributed by atoms with Crippen molar-refractivity contribution in [2.24, 2.45) is 5.92 Å². The van der Waals surface area contributed by atoms with Gasteiger partial charge < -0.3 is 20.5 Å². The minimum atomic E-state index is -3.67. The lowest BCUT2D eigenvalue weighted by Crippen LogP contribution is -2.50. The Morgan fingerprint density at radius 1 is 1.27 bits per heavy atom. The summed E-state index contributed by atoms with van der Waals surface area (Å²) in [6.07, 6.45) is 1.96. The number of anilines is 1. The van der Waals surface area contributed by atoms with Crippen LogP contribution < -0.4 is 19.7 Å². The van der Waals surface area contributed by atoms with Crippen molar-refractivity contribution in [2.45, 2.75) is 25.0 Å². The molecule has 3 rings (SSSR count). The van der Waals surface area contributed by atoms with E-state index in [9.17, 15) is 27.1 Å². The number of hydrogen-bond donors (Lipinski definition) is 3. The molecule has 1 aromatic heterocycles. The molecule has 2 atom stereocenters. The Morgan fingerprint density at radius 3 is 2.57 bits per heavy atom. The molecule has 1 heterocycles. The van der Waals surface area contributed by atoms with E-state index >= 15 is 0 Å². The fourth-order valence-corrected chi connectivity index (χ4v) is 3.73. The molecule has 0 unspecified atom stereocenters. The number of benzene rings is 1. The van der Waals surface area contributed by atoms with E-state index in [0.717, 1.165) is 35.5 Å². The van der Waals surface area contributed by atoms with Crippen LogP contribution in [0.25, 0.3) is 0 Å². The normalized spacial score (nSPS) is 14.8. The molecule has 1 saturated carbocycles. The van der Waals surface area contributed by atoms with E-state index in [1.54, 1.807) is 0 Å². The van der Waals surface area contributed by atoms with Crippen LogP contribution in [-0.4, -0.2) is 69.6 Å². The van der Waals surface area contributed by atoms with Gasteiger partial charge in [0.25, 0.3) is 5.91 Å². The van der Waals surface area contributed by atoms with Crippen molar-refractivity contribution in [3.05, 3.63) is 52.7 Å². The van der Waals surface area contributed by atoms with Gasteiger partial charge in [0.05, 0.1) is 24.9 Å². The highest BCUT2D eigenvalue weighted by Gasteiger charge is 2.25. The molecule has 1 aromatic carbocycles. The predicted octanol–water partition coefficient (Wildman–Crippen LogP) is 1.95. The first-order valence-corrected chi connectivity index (χ1v) is 13.5. The van der Waals surface area contributed by atoms with Crippen LogP contribution in [-0.2, 0) is 10.0 Å². The fraction of sp³-hybridized carbons (Fsp3) is 0.417. The van der Waals surface area contributed by atoms with Gasteiger partial charge >= 0.3 is 0 Å². The maximum atomic E-state index is 13.5. The smallest absolute Gasteiger partial charge is 0.251 e. The van der Waals surface area contributed by atoms with E-state index in [2.05, 4.69) is 27.5 Å². The van der Waals surface area contributed by atoms with Crippen molar-refractivity contribution >= 4 is 33.3 Å². The highest BCUT2D eigenvalue weighted by atomic mass is 35.5. The van der Waals surface area contributed by atoms with Crippen LogP contribution in [0.1, 0.15) is 23.2 Å². The molecule has 13 heteroatoms. The molecular weight excluding hydrogens is 530 g/mol. The van der Waals surface area contributed by atoms with E-state index in [-0.39, 0.29) is 35.4 Å². The highest BCUT2D eigenvalue weighted by Crippen LogP contribution is 2.27. The number of aliphatic hydroxyl groups is 1. The molecule has 0 radical (unpaired) electrons. The number of carbonyl (C=O) groups is 1. The molecule has 1 aliphatic rings. The van der Waals surface area contributed by atoms with Crippen LogP contribution in [0.5, 0.6) is 5.75 Å². The summed E-state index contributed by atoms with van der Waals surface area (Å²) in [5.41, 5.74) is -0.0252. The minimum absolute atomic E-state index is 0.0252. The Labute approximate surface area is 219 Å². The second kappa shape index (κ2) is 12.5. The SMILES string of the molecule is CN(c1cc(C(=O)N[C@@H](COc2cc(F)cc(F)c2)[C@H](O)CNCC#CC2CC2)cc(Cl)n1)S(C)(=O)=O. The predicted molar refractivity (Wildman–Crippen MR) is 135 cm³/mol. The van der Waals surface area contributed by atoms with E-state index in [4.69, 9.17) is 16.3 Å². The number of hydrogen-bond acceptors (Lipinski definition) is 7. The van der Waals surface area contributed by atoms with Crippen LogP contribution in [0.4, 0.5) is 14.6 Å². The van der Waals surface area contributed by atoms with E-state index in [0.29, 0.717) is 18.5 Å². The molecule has 1 fully saturated rings. The van der Waals surface area contributed by atoms with Gasteiger partial charge in [0.2, 0.25) is 10.0 Å². The number of aliphatic hydroxyl groups excluding tert-OH is 1. The summed E-state index contributed by atoms with van der Waals surface area (Å²) in [6, 6.07) is 4.04. The molecule has 2 aromatic rings. The second-order valence-corrected chi connectivity index (χ2v) is 11.0. The Balaban J connectivity index is 1.74. The first kappa shape index (κ1) is 28.6. The average Bonchev–Trinajstić information content (AvgIpc) is 3.63. The first-order valence-electron chi connectivity index (χ1n) is 11.3. The van der Waals surface area contributed by atoms with Gasteiger partial charge in [-0.2, -0.15) is 0 Å². The standard InChI is InChI=1S/C24H27ClF2N4O5S/c1-31(37(2,34)35)23-9-16(8-22(25)30-23)24(33)29-20(14-36-19-11-17(26)10-18(27)12-19)21(32)13-28-7-3-4-15-5-6-15/h8-12,15,20-21,28,32H,5-7,13-14H2,1-2H3,(H,29,33)/t20-,21+/m0/s1. The Bertz CT molecular complexity index is 1280. The van der Waals surface area contributed by atoms with Crippen molar-refractivity contribution in [1.82, 2.24) is 15.6 Å². The second-order valence-electron chi connectivity index (χ2n) is 8.56. The Kier molecular flexibility index (Phi) is 9.67. The van der Waals surface area contributed by atoms with Gasteiger partial charge in [0, 0.05) is 43.3 Å². The van der Waals surface area contributed by atoms with Crippen LogP contribution in [0, 0.1) is 29.4 Å². The number of aromatic nitrogens is 1. The summed E-state index contributed by atoms with van der Waals surface area (Å²) in [5, 5.41) is 16.2. The molecule has 1 amide bonds. The van der Waals surface area contributed by atoms with Gasteiger partial charge in [0.1, 0.15) is 35.0 Å². The number of rotatable bonds is 11. The zero-order valence-corrected chi connectivity index (χ0v) is 21.7. The van der Waals surface area contributed by atoms with Crippen molar-refractivity contribution < 1.29 is 31.8 Å². The zero-order chi connectivity index (χ0) is 27.2. The van der Waals surface area contributed by atoms with Crippen LogP contribution in [0.15, 0.2) is 30.3 Å². The van der Waals surface area contributed by atoms with Gasteiger partial charge in [-0.3, -0.25) is 9.10 Å². The third-order valence-corrected chi connectivity index (χ3v) is 6.74. The van der Waals surface area contributed by atoms with Crippen molar-refractivity contribution in [1.29, 1.82) is 0 Å². The number of nitrogens with zero attached hydrogens (tertiary/aromatic N) is 2. The largest absolute Gasteiger partial charge is 0.491 e.